The van der Waals surface area contributed by atoms with E-state index < -0.39 is 17.8 Å². The number of aliphatic imine (C=N–C) groups is 1. The fourth-order valence-electron chi connectivity index (χ4n) is 2.96. The van der Waals surface area contributed by atoms with Crippen molar-refractivity contribution in [2.75, 3.05) is 31.2 Å². The van der Waals surface area contributed by atoms with Crippen LogP contribution in [0.5, 0.6) is 5.75 Å². The number of unbranched alkanes of at least 4 members (excludes halogenated alkanes) is 1. The fraction of sp³-hybridized carbons (Fsp3) is 0.520. The lowest BCUT2D eigenvalue weighted by Gasteiger charge is -2.12. The molecule has 13 heteroatoms. The van der Waals surface area contributed by atoms with Gasteiger partial charge in [-0.15, -0.1) is 0 Å². The number of benzene rings is 1. The van der Waals surface area contributed by atoms with Crippen LogP contribution in [0.15, 0.2) is 29.3 Å². The van der Waals surface area contributed by atoms with Crippen molar-refractivity contribution in [2.45, 2.75) is 64.8 Å². The van der Waals surface area contributed by atoms with Crippen LogP contribution in [0.2, 0.25) is 0 Å². The van der Waals surface area contributed by atoms with Gasteiger partial charge in [-0.1, -0.05) is 12.1 Å². The normalized spacial score (nSPS) is 12.3. The molecular formula is C25H41N7O6. The first-order valence-electron chi connectivity index (χ1n) is 12.3. The summed E-state index contributed by atoms with van der Waals surface area (Å²) in [4.78, 5) is 24.3. The molecule has 1 amide bonds. The van der Waals surface area contributed by atoms with Crippen LogP contribution in [0.4, 0.5) is 11.6 Å². The van der Waals surface area contributed by atoms with Crippen LogP contribution in [-0.4, -0.2) is 73.9 Å². The highest BCUT2D eigenvalue weighted by Gasteiger charge is 2.15. The van der Waals surface area contributed by atoms with E-state index in [0.717, 1.165) is 24.8 Å². The van der Waals surface area contributed by atoms with Crippen molar-refractivity contribution in [1.29, 1.82) is 0 Å². The molecule has 0 radical (unpaired) electrons. The average molecular weight is 536 g/mol. The number of nitrogens with zero attached hydrogens (tertiary/aromatic N) is 3. The third kappa shape index (κ3) is 14.3. The van der Waals surface area contributed by atoms with Crippen LogP contribution >= 0.6 is 0 Å². The van der Waals surface area contributed by atoms with Gasteiger partial charge in [0.25, 0.3) is 5.91 Å². The highest BCUT2D eigenvalue weighted by Crippen LogP contribution is 2.16. The number of aliphatic hydroxyl groups is 4. The van der Waals surface area contributed by atoms with Crippen LogP contribution in [0.1, 0.15) is 61.3 Å². The second kappa shape index (κ2) is 16.3. The molecule has 2 rings (SSSR count). The Kier molecular flexibility index (Phi) is 14.0. The summed E-state index contributed by atoms with van der Waals surface area (Å²) in [6, 6.07) is 7.70. The maximum absolute atomic E-state index is 12.3. The molecule has 0 fully saturated rings. The molecule has 1 atom stereocenters. The third-order valence-corrected chi connectivity index (χ3v) is 4.78. The molecule has 1 heterocycles. The van der Waals surface area contributed by atoms with Crippen molar-refractivity contribution in [1.82, 2.24) is 15.3 Å². The summed E-state index contributed by atoms with van der Waals surface area (Å²) in [5.74, 6) is -1.33. The zero-order valence-corrected chi connectivity index (χ0v) is 22.2. The van der Waals surface area contributed by atoms with E-state index in [1.807, 2.05) is 24.3 Å². The lowest BCUT2D eigenvalue weighted by Crippen LogP contribution is -2.38. The Labute approximate surface area is 222 Å². The molecule has 212 valence electrons. The smallest absolute Gasteiger partial charge is 0.280 e. The second-order valence-electron chi connectivity index (χ2n) is 9.08. The van der Waals surface area contributed by atoms with Gasteiger partial charge >= 0.3 is 0 Å². The molecule has 0 aliphatic heterocycles. The number of rotatable bonds is 12. The van der Waals surface area contributed by atoms with Crippen LogP contribution in [0.25, 0.3) is 0 Å². The SMILES string of the molecule is CC(C)(O)O.Cc1nc(C(=O)NC(N)=NCCCCc2cccc(OC[C@@H](O)CCCO)c2)c(N)nc1N. The van der Waals surface area contributed by atoms with E-state index in [4.69, 9.17) is 37.3 Å². The van der Waals surface area contributed by atoms with Crippen molar-refractivity contribution in [3.8, 4) is 5.75 Å². The Morgan fingerprint density at radius 1 is 1.16 bits per heavy atom. The van der Waals surface area contributed by atoms with Gasteiger partial charge in [0.2, 0.25) is 0 Å². The molecule has 38 heavy (non-hydrogen) atoms. The number of anilines is 2. The number of amides is 1. The quantitative estimate of drug-likeness (QED) is 0.0792. The number of hydrogen-bond acceptors (Lipinski definition) is 11. The van der Waals surface area contributed by atoms with Gasteiger partial charge in [-0.25, -0.2) is 9.97 Å². The zero-order chi connectivity index (χ0) is 28.7. The van der Waals surface area contributed by atoms with Gasteiger partial charge < -0.3 is 42.4 Å². The maximum Gasteiger partial charge on any atom is 0.280 e. The third-order valence-electron chi connectivity index (χ3n) is 4.78. The van der Waals surface area contributed by atoms with Crippen molar-refractivity contribution in [3.63, 3.8) is 0 Å². The largest absolute Gasteiger partial charge is 0.491 e. The number of hydrogen-bond donors (Lipinski definition) is 8. The molecule has 0 bridgehead atoms. The number of guanidine groups is 1. The lowest BCUT2D eigenvalue weighted by molar-refractivity contribution is -0.127. The highest BCUT2D eigenvalue weighted by atomic mass is 16.5. The van der Waals surface area contributed by atoms with Gasteiger partial charge in [0.05, 0.1) is 11.8 Å². The Morgan fingerprint density at radius 2 is 1.84 bits per heavy atom. The summed E-state index contributed by atoms with van der Waals surface area (Å²) >= 11 is 0. The van der Waals surface area contributed by atoms with Gasteiger partial charge in [0, 0.05) is 13.2 Å². The fourth-order valence-corrected chi connectivity index (χ4v) is 2.96. The molecule has 0 unspecified atom stereocenters. The van der Waals surface area contributed by atoms with Gasteiger partial charge in [-0.05, 0) is 70.6 Å². The molecule has 13 nitrogen and oxygen atoms in total. The summed E-state index contributed by atoms with van der Waals surface area (Å²) in [6.07, 6.45) is 2.90. The molecule has 1 aromatic carbocycles. The van der Waals surface area contributed by atoms with Gasteiger partial charge in [-0.2, -0.15) is 0 Å². The maximum atomic E-state index is 12.3. The van der Waals surface area contributed by atoms with Gasteiger partial charge in [-0.3, -0.25) is 15.1 Å². The number of aliphatic hydroxyl groups excluding tert-OH is 2. The van der Waals surface area contributed by atoms with Crippen LogP contribution in [-0.2, 0) is 6.42 Å². The van der Waals surface area contributed by atoms with E-state index in [-0.39, 0.29) is 36.5 Å². The number of carbonyl (C=O) groups is 1. The van der Waals surface area contributed by atoms with E-state index in [1.165, 1.54) is 13.8 Å². The van der Waals surface area contributed by atoms with E-state index in [9.17, 15) is 9.90 Å². The number of nitrogens with one attached hydrogen (secondary N) is 1. The molecule has 0 aliphatic rings. The summed E-state index contributed by atoms with van der Waals surface area (Å²) < 4.78 is 5.62. The number of aryl methyl sites for hydroxylation is 2. The molecule has 0 spiro atoms. The van der Waals surface area contributed by atoms with E-state index in [2.05, 4.69) is 20.3 Å². The number of ether oxygens (including phenoxy) is 1. The first-order valence-corrected chi connectivity index (χ1v) is 12.3. The number of carbonyl (C=O) groups excluding carboxylic acids is 1. The Morgan fingerprint density at radius 3 is 2.50 bits per heavy atom. The number of aromatic nitrogens is 2. The minimum absolute atomic E-state index is 0.0224. The first kappa shape index (κ1) is 32.5. The first-order chi connectivity index (χ1) is 17.8. The van der Waals surface area contributed by atoms with Crippen molar-refractivity contribution < 1.29 is 30.0 Å². The van der Waals surface area contributed by atoms with Crippen LogP contribution in [0, 0.1) is 6.92 Å². The molecular weight excluding hydrogens is 494 g/mol. The molecule has 1 aromatic heterocycles. The monoisotopic (exact) mass is 535 g/mol. The summed E-state index contributed by atoms with van der Waals surface area (Å²) in [7, 11) is 0. The van der Waals surface area contributed by atoms with Gasteiger partial charge in [0.15, 0.2) is 23.3 Å². The predicted octanol–water partition coefficient (Wildman–Crippen LogP) is 0.236. The predicted molar refractivity (Wildman–Crippen MR) is 145 cm³/mol. The van der Waals surface area contributed by atoms with Crippen molar-refractivity contribution in [2.24, 2.45) is 10.7 Å². The summed E-state index contributed by atoms with van der Waals surface area (Å²) in [6.45, 7) is 4.91. The standard InChI is InChI=1S/C22H33N7O4.C3H8O2/c1-14-19(23)28-20(24)18(27-14)21(32)29-22(25)26-10-3-2-6-15-7-4-9-17(12-15)33-13-16(31)8-5-11-30;1-3(2,4)5/h4,7,9,12,16,30-31H,2-3,5-6,8,10-11,13H2,1H3,(H4,23,24,28)(H3,25,26,29,32);4-5H,1-2H3/t16-;/m0./s1. The van der Waals surface area contributed by atoms with Crippen LogP contribution in [0.3, 0.4) is 0 Å². The summed E-state index contributed by atoms with van der Waals surface area (Å²) in [5, 5.41) is 37.2. The van der Waals surface area contributed by atoms with Crippen molar-refractivity contribution >= 4 is 23.5 Å². The van der Waals surface area contributed by atoms with Crippen LogP contribution < -0.4 is 27.3 Å². The minimum atomic E-state index is -1.50. The topological polar surface area (TPSA) is 235 Å². The Bertz CT molecular complexity index is 1040. The van der Waals surface area contributed by atoms with Gasteiger partial charge in [0.1, 0.15) is 18.2 Å². The average Bonchev–Trinajstić information content (AvgIpc) is 2.82. The second-order valence-corrected chi connectivity index (χ2v) is 9.08. The molecule has 2 aromatic rings. The number of nitrogen functional groups attached to an aromatic ring is 2. The molecule has 0 aliphatic carbocycles. The van der Waals surface area contributed by atoms with Crippen molar-refractivity contribution in [3.05, 3.63) is 41.2 Å². The Balaban J connectivity index is 0.00000132. The van der Waals surface area contributed by atoms with E-state index in [1.54, 1.807) is 6.92 Å². The molecule has 0 saturated carbocycles. The zero-order valence-electron chi connectivity index (χ0n) is 22.2. The van der Waals surface area contributed by atoms with E-state index in [0.29, 0.717) is 30.8 Å². The lowest BCUT2D eigenvalue weighted by atomic mass is 10.1. The number of nitrogens with two attached hydrogens (primary N) is 3. The highest BCUT2D eigenvalue weighted by molar-refractivity contribution is 6.06. The summed E-state index contributed by atoms with van der Waals surface area (Å²) in [5.41, 5.74) is 18.6. The molecule has 0 saturated heterocycles. The molecule has 11 N–H and O–H groups in total. The minimum Gasteiger partial charge on any atom is -0.491 e. The Hall–Kier alpha value is -3.52. The van der Waals surface area contributed by atoms with E-state index >= 15 is 0 Å².